The van der Waals surface area contributed by atoms with Crippen LogP contribution in [0.4, 0.5) is 5.69 Å². The van der Waals surface area contributed by atoms with Crippen molar-refractivity contribution in [3.05, 3.63) is 39.4 Å². The fourth-order valence-electron chi connectivity index (χ4n) is 2.43. The average Bonchev–Trinajstić information content (AvgIpc) is 2.43. The number of aliphatic hydroxyl groups excluding tert-OH is 1. The summed E-state index contributed by atoms with van der Waals surface area (Å²) in [4.78, 5) is 22.4. The minimum absolute atomic E-state index is 0.0374. The number of non-ortho nitro benzene ring substituents is 1. The van der Waals surface area contributed by atoms with Gasteiger partial charge in [0.2, 0.25) is 0 Å². The maximum Gasteiger partial charge on any atom is 0.269 e. The zero-order chi connectivity index (χ0) is 17.1. The van der Waals surface area contributed by atoms with Gasteiger partial charge in [-0.2, -0.15) is 0 Å². The molecule has 0 aliphatic heterocycles. The highest BCUT2D eigenvalue weighted by Crippen LogP contribution is 2.25. The summed E-state index contributed by atoms with van der Waals surface area (Å²) in [5.74, 6) is -0.204. The second-order valence-electron chi connectivity index (χ2n) is 6.62. The van der Waals surface area contributed by atoms with E-state index in [1.807, 2.05) is 27.7 Å². The third-order valence-corrected chi connectivity index (χ3v) is 3.80. The van der Waals surface area contributed by atoms with E-state index in [-0.39, 0.29) is 17.5 Å². The van der Waals surface area contributed by atoms with Gasteiger partial charge in [0.15, 0.2) is 0 Å². The molecule has 2 N–H and O–H groups in total. The fourth-order valence-corrected chi connectivity index (χ4v) is 2.43. The fraction of sp³-hybridized carbons (Fsp3) is 0.562. The number of aryl methyl sites for hydroxylation is 1. The lowest BCUT2D eigenvalue weighted by atomic mass is 9.80. The van der Waals surface area contributed by atoms with Gasteiger partial charge in [-0.05, 0) is 24.5 Å². The molecule has 122 valence electrons. The number of nitro benzene ring substituents is 1. The van der Waals surface area contributed by atoms with Crippen molar-refractivity contribution in [3.8, 4) is 0 Å². The van der Waals surface area contributed by atoms with E-state index in [1.165, 1.54) is 18.2 Å². The second kappa shape index (κ2) is 6.87. The van der Waals surface area contributed by atoms with Crippen molar-refractivity contribution >= 4 is 11.6 Å². The number of benzene rings is 1. The Morgan fingerprint density at radius 1 is 1.41 bits per heavy atom. The lowest BCUT2D eigenvalue weighted by Gasteiger charge is -2.33. The van der Waals surface area contributed by atoms with E-state index >= 15 is 0 Å². The Kier molecular flexibility index (Phi) is 5.65. The van der Waals surface area contributed by atoms with Crippen LogP contribution >= 0.6 is 0 Å². The molecule has 0 heterocycles. The largest absolute Gasteiger partial charge is 0.392 e. The molecule has 6 nitrogen and oxygen atoms in total. The number of nitrogens with zero attached hydrogens (tertiary/aromatic N) is 1. The molecule has 1 aromatic rings. The van der Waals surface area contributed by atoms with E-state index in [9.17, 15) is 20.0 Å². The SMILES string of the molecule is Cc1cc([N+](=O)[O-])ccc1C(=O)NCC(C)(C)C(O)C(C)C. The maximum absolute atomic E-state index is 12.2. The van der Waals surface area contributed by atoms with Crippen LogP contribution in [0.2, 0.25) is 0 Å². The zero-order valence-electron chi connectivity index (χ0n) is 13.7. The summed E-state index contributed by atoms with van der Waals surface area (Å²) in [6, 6.07) is 4.15. The Bertz CT molecular complexity index is 567. The lowest BCUT2D eigenvalue weighted by molar-refractivity contribution is -0.384. The molecule has 0 saturated carbocycles. The van der Waals surface area contributed by atoms with Gasteiger partial charge in [0.25, 0.3) is 11.6 Å². The number of aliphatic hydroxyl groups is 1. The summed E-state index contributed by atoms with van der Waals surface area (Å²) in [6.45, 7) is 9.61. The van der Waals surface area contributed by atoms with Crippen LogP contribution < -0.4 is 5.32 Å². The van der Waals surface area contributed by atoms with Gasteiger partial charge in [0.1, 0.15) is 0 Å². The van der Waals surface area contributed by atoms with Crippen molar-refractivity contribution in [1.82, 2.24) is 5.32 Å². The first kappa shape index (κ1) is 18.1. The molecule has 0 saturated heterocycles. The number of carbonyl (C=O) groups excluding carboxylic acids is 1. The monoisotopic (exact) mass is 308 g/mol. The average molecular weight is 308 g/mol. The number of rotatable bonds is 6. The normalized spacial score (nSPS) is 13.0. The first-order valence-corrected chi connectivity index (χ1v) is 7.27. The van der Waals surface area contributed by atoms with Crippen LogP contribution in [0.5, 0.6) is 0 Å². The Hall–Kier alpha value is -1.95. The topological polar surface area (TPSA) is 92.5 Å². The standard InChI is InChI=1S/C16H24N2O4/c1-10(2)14(19)16(4,5)9-17-15(20)13-7-6-12(18(21)22)8-11(13)3/h6-8,10,14,19H,9H2,1-5H3,(H,17,20). The first-order chi connectivity index (χ1) is 10.1. The Labute approximate surface area is 130 Å². The van der Waals surface area contributed by atoms with Crippen molar-refractivity contribution in [3.63, 3.8) is 0 Å². The molecule has 0 spiro atoms. The van der Waals surface area contributed by atoms with E-state index in [0.717, 1.165) is 0 Å². The molecule has 1 atom stereocenters. The number of nitro groups is 1. The van der Waals surface area contributed by atoms with Gasteiger partial charge in [0.05, 0.1) is 11.0 Å². The molecule has 1 aromatic carbocycles. The predicted molar refractivity (Wildman–Crippen MR) is 84.8 cm³/mol. The molecule has 1 rings (SSSR count). The minimum Gasteiger partial charge on any atom is -0.392 e. The van der Waals surface area contributed by atoms with E-state index in [4.69, 9.17) is 0 Å². The van der Waals surface area contributed by atoms with Gasteiger partial charge in [0, 0.05) is 29.7 Å². The van der Waals surface area contributed by atoms with Gasteiger partial charge in [-0.25, -0.2) is 0 Å². The number of hydrogen-bond acceptors (Lipinski definition) is 4. The van der Waals surface area contributed by atoms with Gasteiger partial charge in [-0.3, -0.25) is 14.9 Å². The van der Waals surface area contributed by atoms with Crippen LogP contribution in [0.3, 0.4) is 0 Å². The number of hydrogen-bond donors (Lipinski definition) is 2. The molecule has 0 aliphatic rings. The summed E-state index contributed by atoms with van der Waals surface area (Å²) >= 11 is 0. The molecule has 6 heteroatoms. The van der Waals surface area contributed by atoms with Crippen LogP contribution in [0.15, 0.2) is 18.2 Å². The van der Waals surface area contributed by atoms with Gasteiger partial charge >= 0.3 is 0 Å². The van der Waals surface area contributed by atoms with Crippen LogP contribution in [-0.2, 0) is 0 Å². The summed E-state index contributed by atoms with van der Waals surface area (Å²) in [7, 11) is 0. The van der Waals surface area contributed by atoms with Gasteiger partial charge in [-0.15, -0.1) is 0 Å². The van der Waals surface area contributed by atoms with Crippen molar-refractivity contribution in [2.75, 3.05) is 6.54 Å². The molecule has 0 aliphatic carbocycles. The van der Waals surface area contributed by atoms with Crippen LogP contribution in [0.1, 0.15) is 43.6 Å². The van der Waals surface area contributed by atoms with E-state index in [1.54, 1.807) is 6.92 Å². The molecule has 1 amide bonds. The molecule has 0 radical (unpaired) electrons. The molecule has 0 bridgehead atoms. The highest BCUT2D eigenvalue weighted by molar-refractivity contribution is 5.95. The second-order valence-corrected chi connectivity index (χ2v) is 6.62. The quantitative estimate of drug-likeness (QED) is 0.624. The lowest BCUT2D eigenvalue weighted by Crippen LogP contribution is -2.43. The smallest absolute Gasteiger partial charge is 0.269 e. The Balaban J connectivity index is 2.80. The van der Waals surface area contributed by atoms with Crippen molar-refractivity contribution in [2.24, 2.45) is 11.3 Å². The number of amides is 1. The molecular formula is C16H24N2O4. The number of carbonyl (C=O) groups is 1. The first-order valence-electron chi connectivity index (χ1n) is 7.27. The van der Waals surface area contributed by atoms with Crippen LogP contribution in [-0.4, -0.2) is 28.6 Å². The molecule has 0 aromatic heterocycles. The van der Waals surface area contributed by atoms with E-state index in [2.05, 4.69) is 5.32 Å². The van der Waals surface area contributed by atoms with E-state index < -0.39 is 16.4 Å². The molecule has 22 heavy (non-hydrogen) atoms. The van der Waals surface area contributed by atoms with Gasteiger partial charge < -0.3 is 10.4 Å². The summed E-state index contributed by atoms with van der Waals surface area (Å²) < 4.78 is 0. The molecule has 0 fully saturated rings. The van der Waals surface area contributed by atoms with Crippen molar-refractivity contribution in [1.29, 1.82) is 0 Å². The molecular weight excluding hydrogens is 284 g/mol. The van der Waals surface area contributed by atoms with Crippen molar-refractivity contribution < 1.29 is 14.8 Å². The summed E-state index contributed by atoms with van der Waals surface area (Å²) in [6.07, 6.45) is -0.536. The Morgan fingerprint density at radius 2 is 2.00 bits per heavy atom. The third-order valence-electron chi connectivity index (χ3n) is 3.80. The summed E-state index contributed by atoms with van der Waals surface area (Å²) in [5.41, 5.74) is 0.456. The van der Waals surface area contributed by atoms with Crippen LogP contribution in [0, 0.1) is 28.4 Å². The predicted octanol–water partition coefficient (Wildman–Crippen LogP) is 2.68. The van der Waals surface area contributed by atoms with Crippen LogP contribution in [0.25, 0.3) is 0 Å². The highest BCUT2D eigenvalue weighted by Gasteiger charge is 2.30. The maximum atomic E-state index is 12.2. The van der Waals surface area contributed by atoms with Crippen molar-refractivity contribution in [2.45, 2.75) is 40.7 Å². The number of nitrogens with one attached hydrogen (secondary N) is 1. The third kappa shape index (κ3) is 4.27. The summed E-state index contributed by atoms with van der Waals surface area (Å²) in [5, 5.41) is 23.7. The highest BCUT2D eigenvalue weighted by atomic mass is 16.6. The Morgan fingerprint density at radius 3 is 2.45 bits per heavy atom. The van der Waals surface area contributed by atoms with E-state index in [0.29, 0.717) is 17.7 Å². The van der Waals surface area contributed by atoms with Gasteiger partial charge in [-0.1, -0.05) is 27.7 Å². The molecule has 1 unspecified atom stereocenters. The minimum atomic E-state index is -0.536. The zero-order valence-corrected chi connectivity index (χ0v) is 13.7.